The van der Waals surface area contributed by atoms with E-state index in [2.05, 4.69) is 27.6 Å². The number of carbonyl (C=O) groups excluding carboxylic acids is 4. The second-order valence-electron chi connectivity index (χ2n) is 8.91. The van der Waals surface area contributed by atoms with Gasteiger partial charge in [-0.2, -0.15) is 0 Å². The van der Waals surface area contributed by atoms with Crippen molar-refractivity contribution in [2.75, 3.05) is 6.54 Å². The van der Waals surface area contributed by atoms with Crippen molar-refractivity contribution in [2.45, 2.75) is 52.3 Å². The molecule has 0 heterocycles. The SMILES string of the molecule is CC(=O)Cl.CC(C)C[C@H](NC(=O)CNC(=O)OCc1ccccc1)C(=O)N[C@@H](Cc1ccc(O)cc1)C(=O)O. The molecule has 0 aliphatic carbocycles. The van der Waals surface area contributed by atoms with Gasteiger partial charge >= 0.3 is 12.1 Å². The van der Waals surface area contributed by atoms with Gasteiger partial charge in [0.05, 0.1) is 0 Å². The van der Waals surface area contributed by atoms with Gasteiger partial charge in [0.2, 0.25) is 17.1 Å². The molecule has 0 spiro atoms. The molecule has 11 nitrogen and oxygen atoms in total. The maximum Gasteiger partial charge on any atom is 0.407 e. The second kappa shape index (κ2) is 17.4. The van der Waals surface area contributed by atoms with Gasteiger partial charge in [-0.25, -0.2) is 9.59 Å². The van der Waals surface area contributed by atoms with Crippen LogP contribution in [-0.2, 0) is 36.9 Å². The lowest BCUT2D eigenvalue weighted by molar-refractivity contribution is -0.142. The van der Waals surface area contributed by atoms with E-state index < -0.39 is 42.5 Å². The van der Waals surface area contributed by atoms with Gasteiger partial charge in [-0.3, -0.25) is 14.4 Å². The molecule has 0 aromatic heterocycles. The number of amides is 3. The number of rotatable bonds is 12. The summed E-state index contributed by atoms with van der Waals surface area (Å²) in [7, 11) is 0. The lowest BCUT2D eigenvalue weighted by Crippen LogP contribution is -2.54. The van der Waals surface area contributed by atoms with E-state index in [0.717, 1.165) is 5.56 Å². The first-order chi connectivity index (χ1) is 18.4. The Bertz CT molecular complexity index is 1090. The van der Waals surface area contributed by atoms with Crippen molar-refractivity contribution in [1.82, 2.24) is 16.0 Å². The van der Waals surface area contributed by atoms with E-state index in [1.54, 1.807) is 24.3 Å². The summed E-state index contributed by atoms with van der Waals surface area (Å²) in [6.45, 7) is 4.64. The minimum absolute atomic E-state index is 0.00148. The van der Waals surface area contributed by atoms with Gasteiger partial charge in [-0.05, 0) is 47.2 Å². The topological polar surface area (TPSA) is 171 Å². The molecule has 0 aliphatic rings. The second-order valence-corrected chi connectivity index (χ2v) is 9.44. The predicted molar refractivity (Wildman–Crippen MR) is 144 cm³/mol. The van der Waals surface area contributed by atoms with Gasteiger partial charge in [0, 0.05) is 13.3 Å². The summed E-state index contributed by atoms with van der Waals surface area (Å²) >= 11 is 4.64. The molecule has 0 saturated heterocycles. The third-order valence-electron chi connectivity index (χ3n) is 4.96. The normalized spacial score (nSPS) is 11.7. The van der Waals surface area contributed by atoms with E-state index in [9.17, 15) is 34.2 Å². The molecule has 2 aromatic carbocycles. The van der Waals surface area contributed by atoms with Crippen LogP contribution in [0.5, 0.6) is 5.75 Å². The van der Waals surface area contributed by atoms with Gasteiger partial charge in [-0.1, -0.05) is 56.3 Å². The molecule has 12 heteroatoms. The van der Waals surface area contributed by atoms with E-state index in [1.807, 2.05) is 32.0 Å². The average Bonchev–Trinajstić information content (AvgIpc) is 2.86. The van der Waals surface area contributed by atoms with Gasteiger partial charge in [-0.15, -0.1) is 0 Å². The van der Waals surface area contributed by atoms with E-state index >= 15 is 0 Å². The first kappa shape index (κ1) is 32.9. The molecule has 212 valence electrons. The van der Waals surface area contributed by atoms with Crippen LogP contribution >= 0.6 is 11.6 Å². The number of nitrogens with one attached hydrogen (secondary N) is 3. The monoisotopic (exact) mass is 563 g/mol. The summed E-state index contributed by atoms with van der Waals surface area (Å²) in [5.41, 5.74) is 1.40. The number of halogens is 1. The zero-order chi connectivity index (χ0) is 29.4. The number of alkyl carbamates (subject to hydrolysis) is 1. The lowest BCUT2D eigenvalue weighted by Gasteiger charge is -2.23. The number of benzene rings is 2. The van der Waals surface area contributed by atoms with Crippen LogP contribution in [-0.4, -0.2) is 58.0 Å². The Morgan fingerprint density at radius 2 is 1.49 bits per heavy atom. The fourth-order valence-corrected chi connectivity index (χ4v) is 3.21. The molecule has 0 radical (unpaired) electrons. The first-order valence-electron chi connectivity index (χ1n) is 12.1. The van der Waals surface area contributed by atoms with E-state index in [1.165, 1.54) is 19.1 Å². The van der Waals surface area contributed by atoms with Crippen molar-refractivity contribution in [1.29, 1.82) is 0 Å². The third kappa shape index (κ3) is 15.0. The Kier molecular flexibility index (Phi) is 14.7. The fourth-order valence-electron chi connectivity index (χ4n) is 3.21. The molecule has 0 unspecified atom stereocenters. The molecule has 2 atom stereocenters. The third-order valence-corrected chi connectivity index (χ3v) is 4.96. The minimum atomic E-state index is -1.23. The molecule has 0 bridgehead atoms. The van der Waals surface area contributed by atoms with Crippen LogP contribution in [0.2, 0.25) is 0 Å². The molecule has 0 aliphatic heterocycles. The number of carboxylic acid groups (broad SMARTS) is 1. The highest BCUT2D eigenvalue weighted by molar-refractivity contribution is 6.62. The summed E-state index contributed by atoms with van der Waals surface area (Å²) < 4.78 is 5.05. The Balaban J connectivity index is 0.00000177. The first-order valence-corrected chi connectivity index (χ1v) is 12.5. The Hall–Kier alpha value is -4.12. The number of hydrogen-bond donors (Lipinski definition) is 5. The van der Waals surface area contributed by atoms with E-state index in [4.69, 9.17) is 4.74 Å². The number of ether oxygens (including phenoxy) is 1. The van der Waals surface area contributed by atoms with E-state index in [-0.39, 0.29) is 36.4 Å². The number of aliphatic carboxylic acids is 1. The molecular formula is C27H34ClN3O8. The van der Waals surface area contributed by atoms with Crippen LogP contribution < -0.4 is 16.0 Å². The summed E-state index contributed by atoms with van der Waals surface area (Å²) in [4.78, 5) is 58.0. The standard InChI is InChI=1S/C25H31N3O7.C2H3ClO/c1-16(2)12-20(23(31)28-21(24(32)33)13-17-8-10-19(29)11-9-17)27-22(30)14-26-25(34)35-15-18-6-4-3-5-7-18;1-2(3)4/h3-11,16,20-21,29H,12-15H2,1-2H3,(H,26,34)(H,27,30)(H,28,31)(H,32,33);1H3/t20-,21-;/m0./s1. The van der Waals surface area contributed by atoms with Crippen molar-refractivity contribution >= 4 is 40.7 Å². The fraction of sp³-hybridized carbons (Fsp3) is 0.370. The molecule has 39 heavy (non-hydrogen) atoms. The number of carbonyl (C=O) groups is 5. The minimum Gasteiger partial charge on any atom is -0.508 e. The van der Waals surface area contributed by atoms with Gasteiger partial charge in [0.1, 0.15) is 31.0 Å². The highest BCUT2D eigenvalue weighted by Gasteiger charge is 2.27. The van der Waals surface area contributed by atoms with Crippen LogP contribution in [0.4, 0.5) is 4.79 Å². The van der Waals surface area contributed by atoms with Crippen molar-refractivity contribution in [3.8, 4) is 5.75 Å². The van der Waals surface area contributed by atoms with Gasteiger partial charge < -0.3 is 30.9 Å². The number of hydrogen-bond acceptors (Lipinski definition) is 7. The van der Waals surface area contributed by atoms with Crippen LogP contribution in [0.3, 0.4) is 0 Å². The highest BCUT2D eigenvalue weighted by Crippen LogP contribution is 2.12. The Morgan fingerprint density at radius 1 is 0.897 bits per heavy atom. The molecule has 5 N–H and O–H groups in total. The van der Waals surface area contributed by atoms with Crippen molar-refractivity contribution in [3.63, 3.8) is 0 Å². The van der Waals surface area contributed by atoms with Gasteiger partial charge in [0.15, 0.2) is 0 Å². The highest BCUT2D eigenvalue weighted by atomic mass is 35.5. The number of aromatic hydroxyl groups is 1. The maximum absolute atomic E-state index is 12.8. The molecule has 0 saturated carbocycles. The average molecular weight is 564 g/mol. The quantitative estimate of drug-likeness (QED) is 0.245. The summed E-state index contributed by atoms with van der Waals surface area (Å²) in [5, 5.41) is 25.9. The molecular weight excluding hydrogens is 530 g/mol. The largest absolute Gasteiger partial charge is 0.508 e. The Morgan fingerprint density at radius 3 is 2.03 bits per heavy atom. The van der Waals surface area contributed by atoms with E-state index in [0.29, 0.717) is 5.56 Å². The van der Waals surface area contributed by atoms with Crippen LogP contribution in [0.25, 0.3) is 0 Å². The smallest absolute Gasteiger partial charge is 0.407 e. The van der Waals surface area contributed by atoms with Crippen molar-refractivity contribution in [2.24, 2.45) is 5.92 Å². The van der Waals surface area contributed by atoms with Crippen molar-refractivity contribution < 1.29 is 38.9 Å². The van der Waals surface area contributed by atoms with Crippen LogP contribution in [0, 0.1) is 5.92 Å². The summed E-state index contributed by atoms with van der Waals surface area (Å²) in [5.74, 6) is -2.43. The van der Waals surface area contributed by atoms with Crippen molar-refractivity contribution in [3.05, 3.63) is 65.7 Å². The number of phenols is 1. The summed E-state index contributed by atoms with van der Waals surface area (Å²) in [6, 6.07) is 12.8. The summed E-state index contributed by atoms with van der Waals surface area (Å²) in [6.07, 6.45) is -0.520. The van der Waals surface area contributed by atoms with Crippen LogP contribution in [0.1, 0.15) is 38.3 Å². The van der Waals surface area contributed by atoms with Gasteiger partial charge in [0.25, 0.3) is 0 Å². The molecule has 2 rings (SSSR count). The molecule has 2 aromatic rings. The number of carboxylic acids is 1. The predicted octanol–water partition coefficient (Wildman–Crippen LogP) is 2.73. The maximum atomic E-state index is 12.8. The molecule has 3 amide bonds. The zero-order valence-electron chi connectivity index (χ0n) is 22.0. The van der Waals surface area contributed by atoms with Crippen LogP contribution in [0.15, 0.2) is 54.6 Å². The lowest BCUT2D eigenvalue weighted by atomic mass is 10.0. The number of phenolic OH excluding ortho intramolecular Hbond substituents is 1. The molecule has 0 fully saturated rings. The Labute approximate surface area is 231 Å². The zero-order valence-corrected chi connectivity index (χ0v) is 22.7.